The Kier molecular flexibility index (Phi) is 5.49. The summed E-state index contributed by atoms with van der Waals surface area (Å²) in [5, 5.41) is 0. The maximum absolute atomic E-state index is 12.2. The summed E-state index contributed by atoms with van der Waals surface area (Å²) in [4.78, 5) is 0. The van der Waals surface area contributed by atoms with E-state index in [4.69, 9.17) is 9.47 Å². The Morgan fingerprint density at radius 2 is 1.45 bits per heavy atom. The third-order valence-corrected chi connectivity index (χ3v) is 3.36. The third kappa shape index (κ3) is 5.11. The summed E-state index contributed by atoms with van der Waals surface area (Å²) in [6.07, 6.45) is -3.47. The van der Waals surface area contributed by atoms with Crippen LogP contribution < -0.4 is 9.47 Å². The second-order valence-corrected chi connectivity index (χ2v) is 5.10. The van der Waals surface area contributed by atoms with Crippen LogP contribution in [0.1, 0.15) is 0 Å². The smallest absolute Gasteiger partial charge is 0.422 e. The molecule has 0 amide bonds. The molecule has 0 saturated carbocycles. The zero-order valence-electron chi connectivity index (χ0n) is 11.3. The van der Waals surface area contributed by atoms with Crippen molar-refractivity contribution in [2.45, 2.75) is 6.18 Å². The Balaban J connectivity index is 1.90. The molecule has 0 aliphatic rings. The highest BCUT2D eigenvalue weighted by Crippen LogP contribution is 2.30. The topological polar surface area (TPSA) is 18.5 Å². The van der Waals surface area contributed by atoms with Crippen LogP contribution in [0.4, 0.5) is 13.2 Å². The molecule has 2 aromatic rings. The number of rotatable bonds is 5. The summed E-state index contributed by atoms with van der Waals surface area (Å²) in [5.41, 5.74) is 0. The largest absolute Gasteiger partial charge is 0.489 e. The molecule has 116 valence electrons. The molecule has 0 aromatic heterocycles. The first kappa shape index (κ1) is 16.4. The van der Waals surface area contributed by atoms with Crippen molar-refractivity contribution in [2.75, 3.05) is 6.61 Å². The Morgan fingerprint density at radius 3 is 2.05 bits per heavy atom. The predicted octanol–water partition coefficient (Wildman–Crippen LogP) is 5.70. The lowest BCUT2D eigenvalue weighted by molar-refractivity contribution is -0.0832. The van der Waals surface area contributed by atoms with E-state index in [1.807, 2.05) is 30.3 Å². The van der Waals surface area contributed by atoms with Gasteiger partial charge in [0.05, 0.1) is 4.48 Å². The number of para-hydroxylation sites is 1. The monoisotopic (exact) mass is 372 g/mol. The van der Waals surface area contributed by atoms with Gasteiger partial charge in [-0.15, -0.1) is 0 Å². The fourth-order valence-electron chi connectivity index (χ4n) is 1.56. The molecule has 0 aliphatic carbocycles. The van der Waals surface area contributed by atoms with Crippen molar-refractivity contribution in [1.29, 1.82) is 0 Å². The summed E-state index contributed by atoms with van der Waals surface area (Å²) in [6, 6.07) is 15.9. The van der Waals surface area contributed by atoms with Crippen molar-refractivity contribution in [1.82, 2.24) is 0 Å². The quantitative estimate of drug-likeness (QED) is 0.670. The summed E-state index contributed by atoms with van der Waals surface area (Å²) in [7, 11) is 0. The van der Waals surface area contributed by atoms with Gasteiger partial charge in [0.1, 0.15) is 23.9 Å². The Hall–Kier alpha value is -1.95. The molecule has 0 saturated heterocycles. The molecule has 0 radical (unpaired) electrons. The number of ether oxygens (including phenoxy) is 2. The molecule has 0 bridgehead atoms. The van der Waals surface area contributed by atoms with Crippen LogP contribution in [0.25, 0.3) is 0 Å². The normalized spacial score (nSPS) is 12.1. The van der Waals surface area contributed by atoms with Crippen molar-refractivity contribution >= 4 is 15.9 Å². The van der Waals surface area contributed by atoms with E-state index in [1.54, 1.807) is 24.3 Å². The minimum absolute atomic E-state index is 0.182. The zero-order chi connectivity index (χ0) is 16.0. The standard InChI is InChI=1S/C16H12BrF3O2/c17-15(16(18,19)20)10-11-21-12-6-8-14(9-7-12)22-13-4-2-1-3-5-13/h1-10H,11H2/b15-10+. The number of hydrogen-bond acceptors (Lipinski definition) is 2. The Labute approximate surface area is 134 Å². The number of alkyl halides is 3. The van der Waals surface area contributed by atoms with Crippen LogP contribution in [-0.4, -0.2) is 12.8 Å². The van der Waals surface area contributed by atoms with Gasteiger partial charge in [-0.2, -0.15) is 13.2 Å². The van der Waals surface area contributed by atoms with Gasteiger partial charge in [-0.1, -0.05) is 18.2 Å². The first-order valence-corrected chi connectivity index (χ1v) is 7.13. The number of halogens is 4. The molecular weight excluding hydrogens is 361 g/mol. The molecule has 0 heterocycles. The van der Waals surface area contributed by atoms with Gasteiger partial charge in [0.25, 0.3) is 0 Å². The average molecular weight is 373 g/mol. The number of hydrogen-bond donors (Lipinski definition) is 0. The van der Waals surface area contributed by atoms with Crippen molar-refractivity contribution in [3.63, 3.8) is 0 Å². The lowest BCUT2D eigenvalue weighted by Crippen LogP contribution is -2.08. The maximum Gasteiger partial charge on any atom is 0.422 e. The fraction of sp³-hybridized carbons (Fsp3) is 0.125. The average Bonchev–Trinajstić information content (AvgIpc) is 2.49. The highest BCUT2D eigenvalue weighted by Gasteiger charge is 2.31. The van der Waals surface area contributed by atoms with Crippen LogP contribution in [0.3, 0.4) is 0 Å². The molecule has 0 aliphatic heterocycles. The third-order valence-electron chi connectivity index (χ3n) is 2.59. The van der Waals surface area contributed by atoms with E-state index in [-0.39, 0.29) is 6.61 Å². The summed E-state index contributed by atoms with van der Waals surface area (Å²) < 4.78 is 46.7. The molecule has 0 atom stereocenters. The van der Waals surface area contributed by atoms with Crippen molar-refractivity contribution in [2.24, 2.45) is 0 Å². The molecule has 6 heteroatoms. The van der Waals surface area contributed by atoms with Crippen LogP contribution in [0, 0.1) is 0 Å². The lowest BCUT2D eigenvalue weighted by atomic mass is 10.3. The summed E-state index contributed by atoms with van der Waals surface area (Å²) in [5.74, 6) is 1.78. The highest BCUT2D eigenvalue weighted by atomic mass is 79.9. The van der Waals surface area contributed by atoms with E-state index in [2.05, 4.69) is 15.9 Å². The van der Waals surface area contributed by atoms with E-state index in [9.17, 15) is 13.2 Å². The first-order chi connectivity index (χ1) is 10.4. The molecular formula is C16H12BrF3O2. The molecule has 0 N–H and O–H groups in total. The Morgan fingerprint density at radius 1 is 0.909 bits per heavy atom. The van der Waals surface area contributed by atoms with E-state index >= 15 is 0 Å². The second kappa shape index (κ2) is 7.35. The van der Waals surface area contributed by atoms with Crippen LogP contribution in [0.2, 0.25) is 0 Å². The van der Waals surface area contributed by atoms with Gasteiger partial charge in [-0.25, -0.2) is 0 Å². The molecule has 0 unspecified atom stereocenters. The van der Waals surface area contributed by atoms with Crippen LogP contribution in [0.5, 0.6) is 17.2 Å². The maximum atomic E-state index is 12.2. The Bertz CT molecular complexity index is 622. The predicted molar refractivity (Wildman–Crippen MR) is 81.5 cm³/mol. The van der Waals surface area contributed by atoms with E-state index in [0.717, 1.165) is 6.08 Å². The molecule has 2 nitrogen and oxygen atoms in total. The zero-order valence-corrected chi connectivity index (χ0v) is 12.9. The van der Waals surface area contributed by atoms with Crippen molar-refractivity contribution in [3.05, 3.63) is 65.2 Å². The molecule has 0 fully saturated rings. The van der Waals surface area contributed by atoms with Gasteiger partial charge in [-0.05, 0) is 58.4 Å². The molecule has 22 heavy (non-hydrogen) atoms. The summed E-state index contributed by atoms with van der Waals surface area (Å²) >= 11 is 2.46. The van der Waals surface area contributed by atoms with Gasteiger partial charge in [0.15, 0.2) is 0 Å². The first-order valence-electron chi connectivity index (χ1n) is 6.34. The fourth-order valence-corrected chi connectivity index (χ4v) is 1.69. The van der Waals surface area contributed by atoms with Gasteiger partial charge in [0.2, 0.25) is 0 Å². The molecule has 2 aromatic carbocycles. The number of allylic oxidation sites excluding steroid dienone is 1. The van der Waals surface area contributed by atoms with Gasteiger partial charge in [-0.3, -0.25) is 0 Å². The van der Waals surface area contributed by atoms with E-state index in [1.165, 1.54) is 0 Å². The highest BCUT2D eigenvalue weighted by molar-refractivity contribution is 9.11. The van der Waals surface area contributed by atoms with E-state index < -0.39 is 10.7 Å². The van der Waals surface area contributed by atoms with Gasteiger partial charge in [0, 0.05) is 0 Å². The lowest BCUT2D eigenvalue weighted by Gasteiger charge is -2.08. The van der Waals surface area contributed by atoms with Gasteiger partial charge < -0.3 is 9.47 Å². The number of benzene rings is 2. The SMILES string of the molecule is FC(F)(F)/C(Br)=C\COc1ccc(Oc2ccccc2)cc1. The van der Waals surface area contributed by atoms with Crippen molar-refractivity contribution in [3.8, 4) is 17.2 Å². The molecule has 0 spiro atoms. The van der Waals surface area contributed by atoms with E-state index in [0.29, 0.717) is 17.2 Å². The minimum Gasteiger partial charge on any atom is -0.489 e. The van der Waals surface area contributed by atoms with Gasteiger partial charge >= 0.3 is 6.18 Å². The molecule has 2 rings (SSSR count). The minimum atomic E-state index is -4.39. The van der Waals surface area contributed by atoms with Crippen LogP contribution in [-0.2, 0) is 0 Å². The van der Waals surface area contributed by atoms with Crippen molar-refractivity contribution < 1.29 is 22.6 Å². The summed E-state index contributed by atoms with van der Waals surface area (Å²) in [6.45, 7) is -0.182. The van der Waals surface area contributed by atoms with Crippen LogP contribution in [0.15, 0.2) is 65.2 Å². The second-order valence-electron chi connectivity index (χ2n) is 4.25. The van der Waals surface area contributed by atoms with Crippen LogP contribution >= 0.6 is 15.9 Å².